The standard InChI is InChI=1S/C20H29ClN4O4S/c1-2-13-30(28,29)25-10-4-3-5-17(25)20(27)24-11-8-15(9-12-24)19(26)23-18-7-6-16(21)14-22-18/h6-7,14-15,17H,2-5,8-13H2,1H3,(H,22,23,26). The van der Waals surface area contributed by atoms with Crippen LogP contribution in [0.3, 0.4) is 0 Å². The van der Waals surface area contributed by atoms with Crippen molar-refractivity contribution in [2.24, 2.45) is 5.92 Å². The summed E-state index contributed by atoms with van der Waals surface area (Å²) in [6.07, 6.45) is 5.28. The van der Waals surface area contributed by atoms with Crippen LogP contribution in [-0.4, -0.2) is 65.9 Å². The lowest BCUT2D eigenvalue weighted by Gasteiger charge is -2.39. The molecule has 8 nitrogen and oxygen atoms in total. The molecule has 0 aromatic carbocycles. The van der Waals surface area contributed by atoms with E-state index in [1.165, 1.54) is 10.5 Å². The lowest BCUT2D eigenvalue weighted by atomic mass is 9.94. The van der Waals surface area contributed by atoms with Crippen LogP contribution in [-0.2, 0) is 19.6 Å². The molecule has 166 valence electrons. The number of pyridine rings is 1. The van der Waals surface area contributed by atoms with E-state index in [0.717, 1.165) is 12.8 Å². The third kappa shape index (κ3) is 5.50. The fraction of sp³-hybridized carbons (Fsp3) is 0.650. The first-order valence-corrected chi connectivity index (χ1v) is 12.5. The van der Waals surface area contributed by atoms with Crippen LogP contribution in [0.2, 0.25) is 5.02 Å². The molecule has 1 atom stereocenters. The normalized spacial score (nSPS) is 21.4. The van der Waals surface area contributed by atoms with Gasteiger partial charge < -0.3 is 10.2 Å². The maximum atomic E-state index is 13.1. The molecule has 0 aliphatic carbocycles. The second-order valence-electron chi connectivity index (χ2n) is 7.89. The maximum absolute atomic E-state index is 13.1. The van der Waals surface area contributed by atoms with Gasteiger partial charge in [0.2, 0.25) is 21.8 Å². The highest BCUT2D eigenvalue weighted by molar-refractivity contribution is 7.89. The monoisotopic (exact) mass is 456 g/mol. The Kier molecular flexibility index (Phi) is 7.70. The number of nitrogens with zero attached hydrogens (tertiary/aromatic N) is 3. The Labute approximate surface area is 183 Å². The number of anilines is 1. The summed E-state index contributed by atoms with van der Waals surface area (Å²) in [4.78, 5) is 31.4. The number of nitrogens with one attached hydrogen (secondary N) is 1. The van der Waals surface area contributed by atoms with Gasteiger partial charge in [0.15, 0.2) is 0 Å². The predicted octanol–water partition coefficient (Wildman–Crippen LogP) is 2.51. The van der Waals surface area contributed by atoms with Crippen molar-refractivity contribution in [1.82, 2.24) is 14.2 Å². The van der Waals surface area contributed by atoms with Gasteiger partial charge in [0.05, 0.1) is 10.8 Å². The van der Waals surface area contributed by atoms with Gasteiger partial charge in [0.1, 0.15) is 11.9 Å². The molecule has 1 unspecified atom stereocenters. The smallest absolute Gasteiger partial charge is 0.241 e. The molecule has 3 rings (SSSR count). The molecular formula is C20H29ClN4O4S. The zero-order valence-electron chi connectivity index (χ0n) is 17.2. The van der Waals surface area contributed by atoms with Gasteiger partial charge in [-0.1, -0.05) is 24.9 Å². The number of hydrogen-bond acceptors (Lipinski definition) is 5. The van der Waals surface area contributed by atoms with Crippen LogP contribution in [0.25, 0.3) is 0 Å². The van der Waals surface area contributed by atoms with E-state index < -0.39 is 16.1 Å². The number of likely N-dealkylation sites (tertiary alicyclic amines) is 1. The highest BCUT2D eigenvalue weighted by Gasteiger charge is 2.39. The van der Waals surface area contributed by atoms with E-state index in [-0.39, 0.29) is 23.5 Å². The summed E-state index contributed by atoms with van der Waals surface area (Å²) in [7, 11) is -3.42. The van der Waals surface area contributed by atoms with Crippen LogP contribution in [0.1, 0.15) is 45.4 Å². The molecule has 0 bridgehead atoms. The van der Waals surface area contributed by atoms with Crippen LogP contribution in [0.4, 0.5) is 5.82 Å². The van der Waals surface area contributed by atoms with Gasteiger partial charge in [0.25, 0.3) is 0 Å². The quantitative estimate of drug-likeness (QED) is 0.708. The molecule has 2 aliphatic heterocycles. The first-order chi connectivity index (χ1) is 14.3. The average molecular weight is 457 g/mol. The first-order valence-electron chi connectivity index (χ1n) is 10.5. The molecular weight excluding hydrogens is 428 g/mol. The minimum absolute atomic E-state index is 0.0672. The molecule has 10 heteroatoms. The highest BCUT2D eigenvalue weighted by Crippen LogP contribution is 2.26. The number of carbonyl (C=O) groups is 2. The van der Waals surface area contributed by atoms with Crippen molar-refractivity contribution < 1.29 is 18.0 Å². The van der Waals surface area contributed by atoms with Crippen molar-refractivity contribution in [3.8, 4) is 0 Å². The summed E-state index contributed by atoms with van der Waals surface area (Å²) in [5, 5.41) is 3.29. The molecule has 3 heterocycles. The molecule has 1 aromatic rings. The number of hydrogen-bond donors (Lipinski definition) is 1. The number of halogens is 1. The zero-order valence-corrected chi connectivity index (χ0v) is 18.8. The van der Waals surface area contributed by atoms with Crippen molar-refractivity contribution in [1.29, 1.82) is 0 Å². The number of sulfonamides is 1. The van der Waals surface area contributed by atoms with Crippen LogP contribution < -0.4 is 5.32 Å². The molecule has 1 aromatic heterocycles. The lowest BCUT2D eigenvalue weighted by Crippen LogP contribution is -2.55. The number of carbonyl (C=O) groups excluding carboxylic acids is 2. The van der Waals surface area contributed by atoms with Crippen LogP contribution >= 0.6 is 11.6 Å². The summed E-state index contributed by atoms with van der Waals surface area (Å²) < 4.78 is 26.6. The van der Waals surface area contributed by atoms with Gasteiger partial charge in [-0.25, -0.2) is 13.4 Å². The summed E-state index contributed by atoms with van der Waals surface area (Å²) in [6, 6.07) is 2.69. The first kappa shape index (κ1) is 23.0. The topological polar surface area (TPSA) is 99.7 Å². The SMILES string of the molecule is CCCS(=O)(=O)N1CCCCC1C(=O)N1CCC(C(=O)Nc2ccc(Cl)cn2)CC1. The number of aromatic nitrogens is 1. The molecule has 0 saturated carbocycles. The molecule has 0 radical (unpaired) electrons. The van der Waals surface area contributed by atoms with Crippen LogP contribution in [0, 0.1) is 5.92 Å². The van der Waals surface area contributed by atoms with Crippen LogP contribution in [0.5, 0.6) is 0 Å². The Bertz CT molecular complexity index is 854. The summed E-state index contributed by atoms with van der Waals surface area (Å²) in [6.45, 7) is 3.13. The Morgan fingerprint density at radius 2 is 1.90 bits per heavy atom. The summed E-state index contributed by atoms with van der Waals surface area (Å²) in [5.74, 6) is 0.0478. The Morgan fingerprint density at radius 3 is 2.53 bits per heavy atom. The van der Waals surface area contributed by atoms with Gasteiger partial charge in [-0.3, -0.25) is 9.59 Å². The number of piperidine rings is 2. The molecule has 2 fully saturated rings. The second kappa shape index (κ2) is 10.1. The largest absolute Gasteiger partial charge is 0.341 e. The number of amides is 2. The fourth-order valence-corrected chi connectivity index (χ4v) is 5.96. The Hall–Kier alpha value is -1.71. The number of rotatable bonds is 6. The summed E-state index contributed by atoms with van der Waals surface area (Å²) >= 11 is 5.81. The van der Waals surface area contributed by atoms with E-state index in [1.54, 1.807) is 17.0 Å². The van der Waals surface area contributed by atoms with Crippen LogP contribution in [0.15, 0.2) is 18.3 Å². The highest BCUT2D eigenvalue weighted by atomic mass is 35.5. The summed E-state index contributed by atoms with van der Waals surface area (Å²) in [5.41, 5.74) is 0. The molecule has 2 aliphatic rings. The van der Waals surface area contributed by atoms with E-state index >= 15 is 0 Å². The van der Waals surface area contributed by atoms with E-state index in [4.69, 9.17) is 11.6 Å². The van der Waals surface area contributed by atoms with Gasteiger partial charge in [-0.2, -0.15) is 4.31 Å². The molecule has 2 saturated heterocycles. The third-order valence-corrected chi connectivity index (χ3v) is 8.01. The van der Waals surface area contributed by atoms with Gasteiger partial charge in [-0.05, 0) is 44.2 Å². The van der Waals surface area contributed by atoms with Gasteiger partial charge in [-0.15, -0.1) is 0 Å². The minimum Gasteiger partial charge on any atom is -0.341 e. The minimum atomic E-state index is -3.42. The lowest BCUT2D eigenvalue weighted by molar-refractivity contribution is -0.139. The Morgan fingerprint density at radius 1 is 1.17 bits per heavy atom. The van der Waals surface area contributed by atoms with E-state index in [0.29, 0.717) is 56.2 Å². The van der Waals surface area contributed by atoms with Crippen molar-refractivity contribution in [3.05, 3.63) is 23.4 Å². The third-order valence-electron chi connectivity index (χ3n) is 5.71. The molecule has 0 spiro atoms. The van der Waals surface area contributed by atoms with Crippen molar-refractivity contribution in [2.45, 2.75) is 51.5 Å². The Balaban J connectivity index is 1.57. The van der Waals surface area contributed by atoms with E-state index in [1.807, 2.05) is 6.92 Å². The predicted molar refractivity (Wildman–Crippen MR) is 116 cm³/mol. The maximum Gasteiger partial charge on any atom is 0.241 e. The molecule has 30 heavy (non-hydrogen) atoms. The van der Waals surface area contributed by atoms with Crippen molar-refractivity contribution >= 4 is 39.3 Å². The second-order valence-corrected chi connectivity index (χ2v) is 10.4. The van der Waals surface area contributed by atoms with Gasteiger partial charge in [0, 0.05) is 31.7 Å². The van der Waals surface area contributed by atoms with E-state index in [2.05, 4.69) is 10.3 Å². The molecule has 2 amide bonds. The average Bonchev–Trinajstić information content (AvgIpc) is 2.75. The van der Waals surface area contributed by atoms with E-state index in [9.17, 15) is 18.0 Å². The van der Waals surface area contributed by atoms with Crippen molar-refractivity contribution in [2.75, 3.05) is 30.7 Å². The molecule has 1 N–H and O–H groups in total. The van der Waals surface area contributed by atoms with Crippen molar-refractivity contribution in [3.63, 3.8) is 0 Å². The zero-order chi connectivity index (χ0) is 21.7. The fourth-order valence-electron chi connectivity index (χ4n) is 4.11. The van der Waals surface area contributed by atoms with Gasteiger partial charge >= 0.3 is 0 Å².